The molecule has 29 heavy (non-hydrogen) atoms. The number of sulfonamides is 1. The standard InChI is InChI=1S/C21H23N3O3S2/c1-14(2)24-29(26,27)17-10-8-16(9-11-17)23-21(25)15(3)28-20-12-13-22-19-7-5-4-6-18(19)20/h4-15,24H,1-3H3,(H,23,25). The first-order valence-corrected chi connectivity index (χ1v) is 11.6. The minimum Gasteiger partial charge on any atom is -0.325 e. The molecule has 1 heterocycles. The average molecular weight is 430 g/mol. The number of hydrogen-bond acceptors (Lipinski definition) is 5. The van der Waals surface area contributed by atoms with Crippen LogP contribution in [0.25, 0.3) is 10.9 Å². The van der Waals surface area contributed by atoms with E-state index in [9.17, 15) is 13.2 Å². The Morgan fingerprint density at radius 3 is 2.38 bits per heavy atom. The lowest BCUT2D eigenvalue weighted by molar-refractivity contribution is -0.115. The third-order valence-electron chi connectivity index (χ3n) is 4.11. The van der Waals surface area contributed by atoms with Crippen molar-refractivity contribution in [1.29, 1.82) is 0 Å². The molecule has 6 nitrogen and oxygen atoms in total. The van der Waals surface area contributed by atoms with Crippen molar-refractivity contribution in [3.8, 4) is 0 Å². The lowest BCUT2D eigenvalue weighted by atomic mass is 10.2. The number of fused-ring (bicyclic) bond motifs is 1. The highest BCUT2D eigenvalue weighted by Crippen LogP contribution is 2.30. The Hall–Kier alpha value is -2.42. The molecule has 2 N–H and O–H groups in total. The smallest absolute Gasteiger partial charge is 0.240 e. The van der Waals surface area contributed by atoms with E-state index in [0.717, 1.165) is 15.8 Å². The Morgan fingerprint density at radius 1 is 1.00 bits per heavy atom. The highest BCUT2D eigenvalue weighted by Gasteiger charge is 2.18. The summed E-state index contributed by atoms with van der Waals surface area (Å²) in [7, 11) is -3.56. The van der Waals surface area contributed by atoms with Crippen LogP contribution in [0.4, 0.5) is 5.69 Å². The summed E-state index contributed by atoms with van der Waals surface area (Å²) in [6.07, 6.45) is 1.74. The van der Waals surface area contributed by atoms with Crippen LogP contribution in [-0.4, -0.2) is 30.6 Å². The molecular formula is C21H23N3O3S2. The van der Waals surface area contributed by atoms with Crippen LogP contribution in [0.2, 0.25) is 0 Å². The van der Waals surface area contributed by atoms with E-state index in [1.807, 2.05) is 37.3 Å². The van der Waals surface area contributed by atoms with Gasteiger partial charge < -0.3 is 5.32 Å². The van der Waals surface area contributed by atoms with Gasteiger partial charge in [-0.3, -0.25) is 9.78 Å². The van der Waals surface area contributed by atoms with Gasteiger partial charge in [-0.25, -0.2) is 13.1 Å². The molecule has 152 valence electrons. The molecule has 8 heteroatoms. The SMILES string of the molecule is CC(C)NS(=O)(=O)c1ccc(NC(=O)C(C)Sc2ccnc3ccccc23)cc1. The van der Waals surface area contributed by atoms with E-state index < -0.39 is 10.0 Å². The van der Waals surface area contributed by atoms with Crippen molar-refractivity contribution < 1.29 is 13.2 Å². The van der Waals surface area contributed by atoms with Crippen LogP contribution < -0.4 is 10.0 Å². The van der Waals surface area contributed by atoms with E-state index in [1.165, 1.54) is 23.9 Å². The number of carbonyl (C=O) groups excluding carboxylic acids is 1. The number of rotatable bonds is 7. The fourth-order valence-electron chi connectivity index (χ4n) is 2.76. The minimum atomic E-state index is -3.56. The number of anilines is 1. The maximum Gasteiger partial charge on any atom is 0.240 e. The summed E-state index contributed by atoms with van der Waals surface area (Å²) < 4.78 is 26.9. The molecule has 1 amide bonds. The van der Waals surface area contributed by atoms with Gasteiger partial charge in [-0.05, 0) is 57.2 Å². The van der Waals surface area contributed by atoms with E-state index in [-0.39, 0.29) is 22.1 Å². The second-order valence-electron chi connectivity index (χ2n) is 6.88. The van der Waals surface area contributed by atoms with Gasteiger partial charge in [0.1, 0.15) is 0 Å². The van der Waals surface area contributed by atoms with E-state index in [4.69, 9.17) is 0 Å². The second kappa shape index (κ2) is 8.94. The molecule has 0 fully saturated rings. The number of benzene rings is 2. The van der Waals surface area contributed by atoms with Gasteiger partial charge in [0.15, 0.2) is 0 Å². The molecule has 0 spiro atoms. The van der Waals surface area contributed by atoms with Gasteiger partial charge in [0.2, 0.25) is 15.9 Å². The van der Waals surface area contributed by atoms with E-state index in [1.54, 1.807) is 32.2 Å². The number of nitrogens with one attached hydrogen (secondary N) is 2. The first-order chi connectivity index (χ1) is 13.8. The zero-order chi connectivity index (χ0) is 21.0. The van der Waals surface area contributed by atoms with Crippen molar-refractivity contribution in [2.75, 3.05) is 5.32 Å². The van der Waals surface area contributed by atoms with E-state index in [2.05, 4.69) is 15.0 Å². The first kappa shape index (κ1) is 21.3. The largest absolute Gasteiger partial charge is 0.325 e. The number of hydrogen-bond donors (Lipinski definition) is 2. The average Bonchev–Trinajstić information content (AvgIpc) is 2.67. The molecule has 0 saturated carbocycles. The van der Waals surface area contributed by atoms with Crippen LogP contribution in [0.5, 0.6) is 0 Å². The number of pyridine rings is 1. The molecule has 1 unspecified atom stereocenters. The Kier molecular flexibility index (Phi) is 6.56. The molecule has 0 aliphatic carbocycles. The van der Waals surface area contributed by atoms with Crippen molar-refractivity contribution in [3.05, 3.63) is 60.8 Å². The summed E-state index contributed by atoms with van der Waals surface area (Å²) >= 11 is 1.46. The molecule has 0 bridgehead atoms. The van der Waals surface area contributed by atoms with E-state index >= 15 is 0 Å². The lowest BCUT2D eigenvalue weighted by Gasteiger charge is -2.14. The van der Waals surface area contributed by atoms with Crippen LogP contribution in [-0.2, 0) is 14.8 Å². The third-order valence-corrected chi connectivity index (χ3v) is 6.96. The van der Waals surface area contributed by atoms with Crippen LogP contribution in [0, 0.1) is 0 Å². The second-order valence-corrected chi connectivity index (χ2v) is 9.97. The summed E-state index contributed by atoms with van der Waals surface area (Å²) in [4.78, 5) is 18.1. The van der Waals surface area contributed by atoms with Crippen LogP contribution in [0.15, 0.2) is 70.6 Å². The zero-order valence-electron chi connectivity index (χ0n) is 16.4. The highest BCUT2D eigenvalue weighted by molar-refractivity contribution is 8.00. The Bertz CT molecular complexity index is 1110. The molecule has 0 radical (unpaired) electrons. The number of carbonyl (C=O) groups is 1. The molecule has 0 saturated heterocycles. The van der Waals surface area contributed by atoms with Crippen LogP contribution >= 0.6 is 11.8 Å². The first-order valence-electron chi connectivity index (χ1n) is 9.20. The Labute approximate surface area is 175 Å². The Balaban J connectivity index is 1.68. The lowest BCUT2D eigenvalue weighted by Crippen LogP contribution is -2.30. The molecule has 1 aromatic heterocycles. The van der Waals surface area contributed by atoms with Gasteiger partial charge in [0.25, 0.3) is 0 Å². The molecule has 2 aromatic carbocycles. The summed E-state index contributed by atoms with van der Waals surface area (Å²) in [5.74, 6) is -0.160. The number of nitrogens with zero attached hydrogens (tertiary/aromatic N) is 1. The highest BCUT2D eigenvalue weighted by atomic mass is 32.2. The van der Waals surface area contributed by atoms with Crippen molar-refractivity contribution >= 4 is 44.3 Å². The van der Waals surface area contributed by atoms with E-state index in [0.29, 0.717) is 5.69 Å². The molecule has 1 atom stereocenters. The maximum atomic E-state index is 12.6. The number of para-hydroxylation sites is 1. The topological polar surface area (TPSA) is 88.2 Å². The quantitative estimate of drug-likeness (QED) is 0.554. The predicted molar refractivity (Wildman–Crippen MR) is 118 cm³/mol. The van der Waals surface area contributed by atoms with Gasteiger partial charge in [-0.1, -0.05) is 18.2 Å². The minimum absolute atomic E-state index is 0.160. The fraction of sp³-hybridized carbons (Fsp3) is 0.238. The Morgan fingerprint density at radius 2 is 1.69 bits per heavy atom. The monoisotopic (exact) mass is 429 g/mol. The number of thioether (sulfide) groups is 1. The zero-order valence-corrected chi connectivity index (χ0v) is 18.0. The predicted octanol–water partition coefficient (Wildman–Crippen LogP) is 4.04. The molecule has 0 aliphatic heterocycles. The van der Waals surface area contributed by atoms with Gasteiger partial charge in [0.05, 0.1) is 15.7 Å². The normalized spacial score (nSPS) is 12.8. The molecular weight excluding hydrogens is 406 g/mol. The van der Waals surface area contributed by atoms with Crippen molar-refractivity contribution in [3.63, 3.8) is 0 Å². The molecule has 3 rings (SSSR count). The maximum absolute atomic E-state index is 12.6. The van der Waals surface area contributed by atoms with Gasteiger partial charge in [0, 0.05) is 28.2 Å². The number of aromatic nitrogens is 1. The van der Waals surface area contributed by atoms with Crippen molar-refractivity contribution in [2.45, 2.75) is 41.9 Å². The summed E-state index contributed by atoms with van der Waals surface area (Å²) in [6.45, 7) is 5.36. The van der Waals surface area contributed by atoms with Crippen molar-refractivity contribution in [1.82, 2.24) is 9.71 Å². The molecule has 3 aromatic rings. The number of amides is 1. The van der Waals surface area contributed by atoms with Gasteiger partial charge in [-0.2, -0.15) is 0 Å². The van der Waals surface area contributed by atoms with Gasteiger partial charge >= 0.3 is 0 Å². The van der Waals surface area contributed by atoms with Crippen molar-refractivity contribution in [2.24, 2.45) is 0 Å². The van der Waals surface area contributed by atoms with Gasteiger partial charge in [-0.15, -0.1) is 11.8 Å². The fourth-order valence-corrected chi connectivity index (χ4v) is 4.99. The third kappa shape index (κ3) is 5.35. The molecule has 0 aliphatic rings. The summed E-state index contributed by atoms with van der Waals surface area (Å²) in [5, 5.41) is 3.50. The summed E-state index contributed by atoms with van der Waals surface area (Å²) in [5.41, 5.74) is 1.43. The summed E-state index contributed by atoms with van der Waals surface area (Å²) in [6, 6.07) is 15.6. The van der Waals surface area contributed by atoms with Crippen LogP contribution in [0.3, 0.4) is 0 Å². The van der Waals surface area contributed by atoms with Crippen LogP contribution in [0.1, 0.15) is 20.8 Å².